The van der Waals surface area contributed by atoms with E-state index in [1.54, 1.807) is 17.7 Å². The molecule has 0 fully saturated rings. The Morgan fingerprint density at radius 3 is 2.96 bits per heavy atom. The molecule has 2 aliphatic heterocycles. The molecule has 0 unspecified atom stereocenters. The second kappa shape index (κ2) is 6.06. The molecule has 0 radical (unpaired) electrons. The zero-order valence-electron chi connectivity index (χ0n) is 14.7. The second-order valence-corrected chi connectivity index (χ2v) is 7.91. The predicted octanol–water partition coefficient (Wildman–Crippen LogP) is 3.68. The predicted molar refractivity (Wildman–Crippen MR) is 104 cm³/mol. The molecule has 3 aromatic rings. The Hall–Kier alpha value is -2.47. The Balaban J connectivity index is 1.61. The average Bonchev–Trinajstić information content (AvgIpc) is 3.27. The van der Waals surface area contributed by atoms with Crippen molar-refractivity contribution in [2.45, 2.75) is 32.7 Å². The van der Waals surface area contributed by atoms with Gasteiger partial charge < -0.3 is 9.80 Å². The van der Waals surface area contributed by atoms with Crippen molar-refractivity contribution in [1.29, 1.82) is 0 Å². The SMILES string of the molecule is CCC(=O)N1CCc2c(sc3ncnc(N4CCc5ccccc54)c23)C1. The van der Waals surface area contributed by atoms with Gasteiger partial charge in [-0.15, -0.1) is 11.3 Å². The largest absolute Gasteiger partial charge is 0.337 e. The molecule has 0 N–H and O–H groups in total. The van der Waals surface area contributed by atoms with Crippen molar-refractivity contribution in [3.63, 3.8) is 0 Å². The van der Waals surface area contributed by atoms with Crippen LogP contribution in [0.15, 0.2) is 30.6 Å². The molecule has 0 saturated carbocycles. The number of para-hydroxylation sites is 1. The summed E-state index contributed by atoms with van der Waals surface area (Å²) < 4.78 is 0. The summed E-state index contributed by atoms with van der Waals surface area (Å²) in [5, 5.41) is 1.19. The van der Waals surface area contributed by atoms with E-state index in [-0.39, 0.29) is 5.91 Å². The molecule has 2 aromatic heterocycles. The molecule has 2 aliphatic rings. The van der Waals surface area contributed by atoms with Gasteiger partial charge in [-0.1, -0.05) is 25.1 Å². The summed E-state index contributed by atoms with van der Waals surface area (Å²) in [5.41, 5.74) is 3.97. The van der Waals surface area contributed by atoms with E-state index in [1.165, 1.54) is 27.1 Å². The molecule has 5 nitrogen and oxygen atoms in total. The van der Waals surface area contributed by atoms with Gasteiger partial charge in [0.1, 0.15) is 17.0 Å². The maximum absolute atomic E-state index is 12.1. The van der Waals surface area contributed by atoms with Crippen LogP contribution in [0.3, 0.4) is 0 Å². The second-order valence-electron chi connectivity index (χ2n) is 6.83. The number of hydrogen-bond acceptors (Lipinski definition) is 5. The summed E-state index contributed by atoms with van der Waals surface area (Å²) in [5.74, 6) is 1.25. The minimum Gasteiger partial charge on any atom is -0.337 e. The molecule has 0 bridgehead atoms. The van der Waals surface area contributed by atoms with Gasteiger partial charge in [-0.05, 0) is 30.0 Å². The van der Waals surface area contributed by atoms with Gasteiger partial charge in [0.15, 0.2) is 0 Å². The van der Waals surface area contributed by atoms with E-state index in [2.05, 4.69) is 39.1 Å². The minimum absolute atomic E-state index is 0.230. The Labute approximate surface area is 156 Å². The van der Waals surface area contributed by atoms with Gasteiger partial charge in [-0.3, -0.25) is 4.79 Å². The molecule has 5 rings (SSSR count). The Kier molecular flexibility index (Phi) is 3.67. The van der Waals surface area contributed by atoms with Crippen molar-refractivity contribution >= 4 is 39.0 Å². The van der Waals surface area contributed by atoms with E-state index in [0.717, 1.165) is 36.6 Å². The molecule has 26 heavy (non-hydrogen) atoms. The van der Waals surface area contributed by atoms with Crippen LogP contribution in [0.4, 0.5) is 11.5 Å². The van der Waals surface area contributed by atoms with Gasteiger partial charge in [0.2, 0.25) is 5.91 Å². The van der Waals surface area contributed by atoms with Crippen LogP contribution in [0.25, 0.3) is 10.2 Å². The number of carbonyl (C=O) groups is 1. The summed E-state index contributed by atoms with van der Waals surface area (Å²) in [4.78, 5) is 27.9. The third-order valence-corrected chi connectivity index (χ3v) is 6.54. The number of amides is 1. The van der Waals surface area contributed by atoms with Gasteiger partial charge >= 0.3 is 0 Å². The van der Waals surface area contributed by atoms with E-state index in [9.17, 15) is 4.79 Å². The van der Waals surface area contributed by atoms with Gasteiger partial charge in [0, 0.05) is 30.1 Å². The van der Waals surface area contributed by atoms with Gasteiger partial charge in [-0.25, -0.2) is 9.97 Å². The van der Waals surface area contributed by atoms with Crippen molar-refractivity contribution in [2.75, 3.05) is 18.0 Å². The molecule has 1 amide bonds. The van der Waals surface area contributed by atoms with Crippen LogP contribution < -0.4 is 4.90 Å². The van der Waals surface area contributed by atoms with Crippen LogP contribution in [0, 0.1) is 0 Å². The molecule has 0 atom stereocenters. The quantitative estimate of drug-likeness (QED) is 0.696. The fourth-order valence-corrected chi connectivity index (χ4v) is 5.31. The Morgan fingerprint density at radius 1 is 1.19 bits per heavy atom. The number of nitrogens with zero attached hydrogens (tertiary/aromatic N) is 4. The molecule has 0 aliphatic carbocycles. The van der Waals surface area contributed by atoms with E-state index >= 15 is 0 Å². The maximum Gasteiger partial charge on any atom is 0.222 e. The van der Waals surface area contributed by atoms with Crippen molar-refractivity contribution < 1.29 is 4.79 Å². The smallest absolute Gasteiger partial charge is 0.222 e. The number of fused-ring (bicyclic) bond motifs is 4. The molecule has 0 saturated heterocycles. The number of benzene rings is 1. The van der Waals surface area contributed by atoms with Crippen molar-refractivity contribution in [3.8, 4) is 0 Å². The van der Waals surface area contributed by atoms with Gasteiger partial charge in [0.25, 0.3) is 0 Å². The highest BCUT2D eigenvalue weighted by Crippen LogP contribution is 2.42. The van der Waals surface area contributed by atoms with Crippen molar-refractivity contribution in [2.24, 2.45) is 0 Å². The average molecular weight is 364 g/mol. The minimum atomic E-state index is 0.230. The zero-order valence-corrected chi connectivity index (χ0v) is 15.6. The lowest BCUT2D eigenvalue weighted by Gasteiger charge is -2.27. The number of carbonyl (C=O) groups excluding carboxylic acids is 1. The molecule has 0 spiro atoms. The van der Waals surface area contributed by atoms with E-state index < -0.39 is 0 Å². The van der Waals surface area contributed by atoms with Crippen LogP contribution in [-0.2, 0) is 24.2 Å². The molecule has 132 valence electrons. The summed E-state index contributed by atoms with van der Waals surface area (Å²) >= 11 is 1.71. The maximum atomic E-state index is 12.1. The first-order valence-electron chi connectivity index (χ1n) is 9.14. The number of anilines is 2. The summed E-state index contributed by atoms with van der Waals surface area (Å²) in [6.07, 6.45) is 4.18. The zero-order chi connectivity index (χ0) is 17.7. The van der Waals surface area contributed by atoms with Crippen molar-refractivity contribution in [1.82, 2.24) is 14.9 Å². The highest BCUT2D eigenvalue weighted by atomic mass is 32.1. The van der Waals surface area contributed by atoms with E-state index in [1.807, 2.05) is 11.8 Å². The van der Waals surface area contributed by atoms with Gasteiger partial charge in [-0.2, -0.15) is 0 Å². The standard InChI is InChI=1S/C20H20N4OS/c1-2-17(25)23-9-8-14-16(11-23)26-20-18(14)19(21-12-22-20)24-10-7-13-5-3-4-6-15(13)24/h3-6,12H,2,7-11H2,1H3. The van der Waals surface area contributed by atoms with Crippen LogP contribution in [0.5, 0.6) is 0 Å². The Bertz CT molecular complexity index is 1010. The monoisotopic (exact) mass is 364 g/mol. The molecule has 6 heteroatoms. The first-order valence-corrected chi connectivity index (χ1v) is 9.96. The number of rotatable bonds is 2. The molecule has 4 heterocycles. The molecule has 1 aromatic carbocycles. The summed E-state index contributed by atoms with van der Waals surface area (Å²) in [6, 6.07) is 8.57. The van der Waals surface area contributed by atoms with Gasteiger partial charge in [0.05, 0.1) is 11.9 Å². The van der Waals surface area contributed by atoms with Crippen LogP contribution in [-0.4, -0.2) is 33.9 Å². The van der Waals surface area contributed by atoms with E-state index in [4.69, 9.17) is 0 Å². The number of thiophene rings is 1. The van der Waals surface area contributed by atoms with E-state index in [0.29, 0.717) is 13.0 Å². The molecular formula is C20H20N4OS. The highest BCUT2D eigenvalue weighted by Gasteiger charge is 2.29. The van der Waals surface area contributed by atoms with Crippen LogP contribution in [0.1, 0.15) is 29.3 Å². The Morgan fingerprint density at radius 2 is 2.08 bits per heavy atom. The first-order chi connectivity index (χ1) is 12.8. The van der Waals surface area contributed by atoms with Crippen molar-refractivity contribution in [3.05, 3.63) is 46.6 Å². The summed E-state index contributed by atoms with van der Waals surface area (Å²) in [6.45, 7) is 4.38. The third-order valence-electron chi connectivity index (χ3n) is 5.41. The normalized spacial score (nSPS) is 16.0. The number of hydrogen-bond donors (Lipinski definition) is 0. The lowest BCUT2D eigenvalue weighted by Crippen LogP contribution is -2.34. The topological polar surface area (TPSA) is 49.3 Å². The molecular weight excluding hydrogens is 344 g/mol. The van der Waals surface area contributed by atoms with Crippen LogP contribution >= 0.6 is 11.3 Å². The first kappa shape index (κ1) is 15.8. The fourth-order valence-electron chi connectivity index (χ4n) is 4.11. The highest BCUT2D eigenvalue weighted by molar-refractivity contribution is 7.19. The summed E-state index contributed by atoms with van der Waals surface area (Å²) in [7, 11) is 0. The lowest BCUT2D eigenvalue weighted by molar-refractivity contribution is -0.131. The number of aromatic nitrogens is 2. The fraction of sp³-hybridized carbons (Fsp3) is 0.350. The lowest BCUT2D eigenvalue weighted by atomic mass is 10.0. The third kappa shape index (κ3) is 2.32. The van der Waals surface area contributed by atoms with Crippen LogP contribution in [0.2, 0.25) is 0 Å².